The van der Waals surface area contributed by atoms with Crippen molar-refractivity contribution in [2.24, 2.45) is 0 Å². The van der Waals surface area contributed by atoms with Crippen LogP contribution in [-0.2, 0) is 4.79 Å². The van der Waals surface area contributed by atoms with E-state index >= 15 is 0 Å². The van der Waals surface area contributed by atoms with Crippen LogP contribution in [0.15, 0.2) is 24.3 Å². The number of rotatable bonds is 5. The Balaban J connectivity index is 1.80. The number of aliphatic hydroxyl groups is 1. The highest BCUT2D eigenvalue weighted by Crippen LogP contribution is 2.18. The average molecular weight is 279 g/mol. The number of carbonyl (C=O) groups is 1. The predicted octanol–water partition coefficient (Wildman–Crippen LogP) is 1.45. The van der Waals surface area contributed by atoms with Crippen LogP contribution in [0.3, 0.4) is 0 Å². The third kappa shape index (κ3) is 4.13. The SMILES string of the molecule is CCOc1ccc(OCC(=O)N2CCC[C@H](O)C2)cc1. The molecule has 0 bridgehead atoms. The Bertz CT molecular complexity index is 432. The van der Waals surface area contributed by atoms with Crippen LogP contribution in [-0.4, -0.2) is 48.3 Å². The van der Waals surface area contributed by atoms with Gasteiger partial charge in [-0.1, -0.05) is 0 Å². The number of ether oxygens (including phenoxy) is 2. The number of amides is 1. The lowest BCUT2D eigenvalue weighted by Gasteiger charge is -2.30. The average Bonchev–Trinajstić information content (AvgIpc) is 2.46. The molecule has 1 atom stereocenters. The molecule has 0 aromatic heterocycles. The van der Waals surface area contributed by atoms with E-state index in [-0.39, 0.29) is 12.5 Å². The van der Waals surface area contributed by atoms with E-state index in [9.17, 15) is 9.90 Å². The van der Waals surface area contributed by atoms with Gasteiger partial charge in [-0.15, -0.1) is 0 Å². The third-order valence-corrected chi connectivity index (χ3v) is 3.25. The molecular formula is C15H21NO4. The van der Waals surface area contributed by atoms with Crippen LogP contribution in [0.1, 0.15) is 19.8 Å². The maximum absolute atomic E-state index is 12.0. The van der Waals surface area contributed by atoms with Gasteiger partial charge in [-0.25, -0.2) is 0 Å². The summed E-state index contributed by atoms with van der Waals surface area (Å²) in [5.41, 5.74) is 0. The Morgan fingerprint density at radius 3 is 2.55 bits per heavy atom. The van der Waals surface area contributed by atoms with Gasteiger partial charge in [0.15, 0.2) is 6.61 Å². The topological polar surface area (TPSA) is 59.0 Å². The molecule has 1 aliphatic rings. The van der Waals surface area contributed by atoms with Gasteiger partial charge < -0.3 is 19.5 Å². The van der Waals surface area contributed by atoms with Crippen molar-refractivity contribution >= 4 is 5.91 Å². The van der Waals surface area contributed by atoms with Crippen molar-refractivity contribution in [2.75, 3.05) is 26.3 Å². The van der Waals surface area contributed by atoms with Crippen molar-refractivity contribution in [3.63, 3.8) is 0 Å². The van der Waals surface area contributed by atoms with Crippen molar-refractivity contribution < 1.29 is 19.4 Å². The van der Waals surface area contributed by atoms with Crippen LogP contribution in [0.25, 0.3) is 0 Å². The molecule has 5 nitrogen and oxygen atoms in total. The number of nitrogens with zero attached hydrogens (tertiary/aromatic N) is 1. The van der Waals surface area contributed by atoms with Crippen LogP contribution < -0.4 is 9.47 Å². The van der Waals surface area contributed by atoms with Gasteiger partial charge in [0.05, 0.1) is 12.7 Å². The lowest BCUT2D eigenvalue weighted by Crippen LogP contribution is -2.44. The normalized spacial score (nSPS) is 18.7. The summed E-state index contributed by atoms with van der Waals surface area (Å²) >= 11 is 0. The van der Waals surface area contributed by atoms with Gasteiger partial charge in [0.2, 0.25) is 0 Å². The number of benzene rings is 1. The number of piperidine rings is 1. The van der Waals surface area contributed by atoms with Crippen molar-refractivity contribution in [3.8, 4) is 11.5 Å². The summed E-state index contributed by atoms with van der Waals surface area (Å²) in [6.45, 7) is 3.65. The second-order valence-electron chi connectivity index (χ2n) is 4.83. The number of aliphatic hydroxyl groups excluding tert-OH is 1. The maximum Gasteiger partial charge on any atom is 0.260 e. The lowest BCUT2D eigenvalue weighted by atomic mass is 10.1. The maximum atomic E-state index is 12.0. The molecule has 20 heavy (non-hydrogen) atoms. The smallest absolute Gasteiger partial charge is 0.260 e. The number of likely N-dealkylation sites (tertiary alicyclic amines) is 1. The molecule has 1 saturated heterocycles. The molecule has 1 N–H and O–H groups in total. The van der Waals surface area contributed by atoms with Gasteiger partial charge in [0, 0.05) is 13.1 Å². The Morgan fingerprint density at radius 2 is 1.95 bits per heavy atom. The first-order valence-electron chi connectivity index (χ1n) is 7.00. The molecule has 1 aromatic rings. The van der Waals surface area contributed by atoms with Crippen LogP contribution in [0.4, 0.5) is 0 Å². The molecule has 5 heteroatoms. The fraction of sp³-hybridized carbons (Fsp3) is 0.533. The van der Waals surface area contributed by atoms with E-state index in [4.69, 9.17) is 9.47 Å². The Labute approximate surface area is 119 Å². The first-order chi connectivity index (χ1) is 9.69. The number of carbonyl (C=O) groups excluding carboxylic acids is 1. The molecule has 0 spiro atoms. The van der Waals surface area contributed by atoms with Gasteiger partial charge in [-0.05, 0) is 44.0 Å². The van der Waals surface area contributed by atoms with E-state index in [1.165, 1.54) is 0 Å². The van der Waals surface area contributed by atoms with Crippen molar-refractivity contribution in [1.29, 1.82) is 0 Å². The number of β-amino-alcohol motifs (C(OH)–C–C–N with tert-alkyl or cyclic N) is 1. The zero-order chi connectivity index (χ0) is 14.4. The quantitative estimate of drug-likeness (QED) is 0.886. The van der Waals surface area contributed by atoms with E-state index < -0.39 is 6.10 Å². The monoisotopic (exact) mass is 279 g/mol. The summed E-state index contributed by atoms with van der Waals surface area (Å²) in [5, 5.41) is 9.55. The molecular weight excluding hydrogens is 258 g/mol. The second kappa shape index (κ2) is 7.14. The number of hydrogen-bond donors (Lipinski definition) is 1. The molecule has 1 amide bonds. The van der Waals surface area contributed by atoms with E-state index in [1.807, 2.05) is 19.1 Å². The molecule has 1 fully saturated rings. The summed E-state index contributed by atoms with van der Waals surface area (Å²) in [4.78, 5) is 13.6. The molecule has 1 aliphatic heterocycles. The van der Waals surface area contributed by atoms with Crippen molar-refractivity contribution in [2.45, 2.75) is 25.9 Å². The van der Waals surface area contributed by atoms with Crippen LogP contribution in [0.2, 0.25) is 0 Å². The van der Waals surface area contributed by atoms with Crippen LogP contribution in [0.5, 0.6) is 11.5 Å². The van der Waals surface area contributed by atoms with Gasteiger partial charge in [-0.2, -0.15) is 0 Å². The van der Waals surface area contributed by atoms with Gasteiger partial charge in [0.1, 0.15) is 11.5 Å². The highest BCUT2D eigenvalue weighted by Gasteiger charge is 2.22. The fourth-order valence-electron chi connectivity index (χ4n) is 2.22. The molecule has 2 rings (SSSR count). The Hall–Kier alpha value is -1.75. The molecule has 0 aliphatic carbocycles. The zero-order valence-electron chi connectivity index (χ0n) is 11.7. The molecule has 1 heterocycles. The highest BCUT2D eigenvalue weighted by atomic mass is 16.5. The fourth-order valence-corrected chi connectivity index (χ4v) is 2.22. The van der Waals surface area contributed by atoms with Gasteiger partial charge in [0.25, 0.3) is 5.91 Å². The largest absolute Gasteiger partial charge is 0.494 e. The van der Waals surface area contributed by atoms with Crippen LogP contribution in [0, 0.1) is 0 Å². The van der Waals surface area contributed by atoms with Crippen molar-refractivity contribution in [1.82, 2.24) is 4.90 Å². The highest BCUT2D eigenvalue weighted by molar-refractivity contribution is 5.77. The summed E-state index contributed by atoms with van der Waals surface area (Å²) in [7, 11) is 0. The van der Waals surface area contributed by atoms with E-state index in [0.717, 1.165) is 18.6 Å². The zero-order valence-corrected chi connectivity index (χ0v) is 11.7. The summed E-state index contributed by atoms with van der Waals surface area (Å²) < 4.78 is 10.8. The molecule has 1 aromatic carbocycles. The first-order valence-corrected chi connectivity index (χ1v) is 7.00. The first kappa shape index (κ1) is 14.7. The minimum atomic E-state index is -0.404. The molecule has 0 radical (unpaired) electrons. The lowest BCUT2D eigenvalue weighted by molar-refractivity contribution is -0.136. The van der Waals surface area contributed by atoms with Gasteiger partial charge >= 0.3 is 0 Å². The van der Waals surface area contributed by atoms with E-state index in [2.05, 4.69) is 0 Å². The Morgan fingerprint density at radius 1 is 1.30 bits per heavy atom. The second-order valence-corrected chi connectivity index (χ2v) is 4.83. The van der Waals surface area contributed by atoms with Crippen LogP contribution >= 0.6 is 0 Å². The van der Waals surface area contributed by atoms with E-state index in [0.29, 0.717) is 25.4 Å². The van der Waals surface area contributed by atoms with Gasteiger partial charge in [-0.3, -0.25) is 4.79 Å². The minimum absolute atomic E-state index is 0.000696. The third-order valence-electron chi connectivity index (χ3n) is 3.25. The molecule has 110 valence electrons. The Kier molecular flexibility index (Phi) is 5.24. The summed E-state index contributed by atoms with van der Waals surface area (Å²) in [5.74, 6) is 1.34. The standard InChI is InChI=1S/C15H21NO4/c1-2-19-13-5-7-14(8-6-13)20-11-15(18)16-9-3-4-12(17)10-16/h5-8,12,17H,2-4,9-11H2,1H3/t12-/m0/s1. The van der Waals surface area contributed by atoms with E-state index in [1.54, 1.807) is 17.0 Å². The summed E-state index contributed by atoms with van der Waals surface area (Å²) in [6, 6.07) is 7.19. The predicted molar refractivity (Wildman–Crippen MR) is 74.9 cm³/mol. The summed E-state index contributed by atoms with van der Waals surface area (Å²) in [6.07, 6.45) is 1.21. The van der Waals surface area contributed by atoms with Crippen molar-refractivity contribution in [3.05, 3.63) is 24.3 Å². The molecule has 0 saturated carbocycles. The minimum Gasteiger partial charge on any atom is -0.494 e. The molecule has 0 unspecified atom stereocenters. The number of hydrogen-bond acceptors (Lipinski definition) is 4.